The van der Waals surface area contributed by atoms with Gasteiger partial charge < -0.3 is 10.2 Å². The lowest BCUT2D eigenvalue weighted by Crippen LogP contribution is -2.34. The van der Waals surface area contributed by atoms with Crippen molar-refractivity contribution in [1.82, 2.24) is 10.2 Å². The third kappa shape index (κ3) is 6.27. The van der Waals surface area contributed by atoms with Gasteiger partial charge in [-0.25, -0.2) is 0 Å². The van der Waals surface area contributed by atoms with Gasteiger partial charge in [-0.15, -0.1) is 0 Å². The van der Waals surface area contributed by atoms with Crippen LogP contribution >= 0.6 is 11.8 Å². The predicted molar refractivity (Wildman–Crippen MR) is 63.8 cm³/mol. The highest BCUT2D eigenvalue weighted by atomic mass is 32.2. The van der Waals surface area contributed by atoms with E-state index in [1.807, 2.05) is 11.8 Å². The largest absolute Gasteiger partial charge is 0.349 e. The van der Waals surface area contributed by atoms with Crippen molar-refractivity contribution in [2.75, 3.05) is 33.4 Å². The highest BCUT2D eigenvalue weighted by molar-refractivity contribution is 7.99. The summed E-state index contributed by atoms with van der Waals surface area (Å²) < 4.78 is 0.251. The summed E-state index contributed by atoms with van der Waals surface area (Å²) in [6.45, 7) is 6.09. The van der Waals surface area contributed by atoms with Crippen molar-refractivity contribution in [3.05, 3.63) is 0 Å². The first-order chi connectivity index (χ1) is 6.39. The molecule has 0 aliphatic heterocycles. The van der Waals surface area contributed by atoms with Gasteiger partial charge in [0.2, 0.25) is 5.91 Å². The van der Waals surface area contributed by atoms with Gasteiger partial charge >= 0.3 is 0 Å². The molecule has 14 heavy (non-hydrogen) atoms. The molecule has 1 amide bonds. The number of hydrogen-bond acceptors (Lipinski definition) is 3. The number of carbonyl (C=O) groups excluding carboxylic acids is 1. The van der Waals surface area contributed by atoms with Crippen molar-refractivity contribution in [1.29, 1.82) is 0 Å². The summed E-state index contributed by atoms with van der Waals surface area (Å²) in [5.41, 5.74) is 0. The molecule has 0 atom stereocenters. The van der Waals surface area contributed by atoms with Gasteiger partial charge in [0, 0.05) is 38.4 Å². The summed E-state index contributed by atoms with van der Waals surface area (Å²) in [5, 5.41) is 3.29. The van der Waals surface area contributed by atoms with Gasteiger partial charge in [-0.3, -0.25) is 4.79 Å². The zero-order chi connectivity index (χ0) is 11.2. The number of nitrogens with one attached hydrogen (secondary N) is 1. The van der Waals surface area contributed by atoms with E-state index in [1.54, 1.807) is 19.0 Å². The van der Waals surface area contributed by atoms with Gasteiger partial charge in [-0.2, -0.15) is 11.8 Å². The van der Waals surface area contributed by atoms with Crippen LogP contribution in [0.5, 0.6) is 0 Å². The molecule has 0 aliphatic rings. The Bertz CT molecular complexity index is 181. The third-order valence-corrected chi connectivity index (χ3v) is 3.37. The molecule has 0 fully saturated rings. The minimum Gasteiger partial charge on any atom is -0.349 e. The van der Waals surface area contributed by atoms with Crippen molar-refractivity contribution in [2.45, 2.75) is 25.0 Å². The number of rotatable bonds is 6. The van der Waals surface area contributed by atoms with Gasteiger partial charge in [-0.1, -0.05) is 0 Å². The maximum atomic E-state index is 11.2. The van der Waals surface area contributed by atoms with Crippen LogP contribution in [0.3, 0.4) is 0 Å². The molecule has 1 N–H and O–H groups in total. The Morgan fingerprint density at radius 1 is 1.43 bits per heavy atom. The van der Waals surface area contributed by atoms with E-state index in [4.69, 9.17) is 0 Å². The topological polar surface area (TPSA) is 32.3 Å². The highest BCUT2D eigenvalue weighted by Crippen LogP contribution is 2.19. The maximum Gasteiger partial charge on any atom is 0.223 e. The fourth-order valence-electron chi connectivity index (χ4n) is 0.881. The molecule has 0 radical (unpaired) electrons. The van der Waals surface area contributed by atoms with Gasteiger partial charge in [0.25, 0.3) is 0 Å². The SMILES string of the molecule is CSC(C)(C)CNCCC(=O)N(C)C. The van der Waals surface area contributed by atoms with Crippen LogP contribution in [0.15, 0.2) is 0 Å². The van der Waals surface area contributed by atoms with E-state index in [9.17, 15) is 4.79 Å². The lowest BCUT2D eigenvalue weighted by atomic mass is 10.2. The molecule has 0 heterocycles. The van der Waals surface area contributed by atoms with Crippen molar-refractivity contribution in [3.63, 3.8) is 0 Å². The Labute approximate surface area is 91.6 Å². The van der Waals surface area contributed by atoms with Crippen LogP contribution in [0.4, 0.5) is 0 Å². The lowest BCUT2D eigenvalue weighted by molar-refractivity contribution is -0.128. The molecule has 0 unspecified atom stereocenters. The van der Waals surface area contributed by atoms with Crippen molar-refractivity contribution < 1.29 is 4.79 Å². The van der Waals surface area contributed by atoms with E-state index >= 15 is 0 Å². The number of amides is 1. The number of nitrogens with zero attached hydrogens (tertiary/aromatic N) is 1. The van der Waals surface area contributed by atoms with Crippen LogP contribution < -0.4 is 5.32 Å². The van der Waals surface area contributed by atoms with Crippen molar-refractivity contribution in [2.24, 2.45) is 0 Å². The fourth-order valence-corrected chi connectivity index (χ4v) is 1.13. The van der Waals surface area contributed by atoms with Crippen molar-refractivity contribution >= 4 is 17.7 Å². The van der Waals surface area contributed by atoms with Crippen LogP contribution in [0.2, 0.25) is 0 Å². The molecule has 0 rings (SSSR count). The van der Waals surface area contributed by atoms with Gasteiger partial charge in [0.05, 0.1) is 0 Å². The summed E-state index contributed by atoms with van der Waals surface area (Å²) in [6, 6.07) is 0. The smallest absolute Gasteiger partial charge is 0.223 e. The molecule has 3 nitrogen and oxygen atoms in total. The maximum absolute atomic E-state index is 11.2. The van der Waals surface area contributed by atoms with Crippen LogP contribution in [-0.4, -0.2) is 49.0 Å². The van der Waals surface area contributed by atoms with E-state index in [2.05, 4.69) is 25.4 Å². The Morgan fingerprint density at radius 3 is 2.43 bits per heavy atom. The Morgan fingerprint density at radius 2 is 2.00 bits per heavy atom. The summed E-state index contributed by atoms with van der Waals surface area (Å²) >= 11 is 1.83. The van der Waals surface area contributed by atoms with Gasteiger partial charge in [0.1, 0.15) is 0 Å². The first kappa shape index (κ1) is 13.8. The summed E-state index contributed by atoms with van der Waals surface area (Å²) in [6.07, 6.45) is 2.68. The van der Waals surface area contributed by atoms with Crippen LogP contribution in [0.1, 0.15) is 20.3 Å². The lowest BCUT2D eigenvalue weighted by Gasteiger charge is -2.22. The zero-order valence-corrected chi connectivity index (χ0v) is 10.7. The summed E-state index contributed by atoms with van der Waals surface area (Å²) in [5.74, 6) is 0.180. The molecule has 0 aromatic heterocycles. The fraction of sp³-hybridized carbons (Fsp3) is 0.900. The molecule has 0 bridgehead atoms. The van der Waals surface area contributed by atoms with E-state index in [0.717, 1.165) is 13.1 Å². The molecular formula is C10H22N2OS. The molecule has 0 spiro atoms. The van der Waals surface area contributed by atoms with E-state index in [1.165, 1.54) is 0 Å². The van der Waals surface area contributed by atoms with Gasteiger partial charge in [0.15, 0.2) is 0 Å². The van der Waals surface area contributed by atoms with Crippen molar-refractivity contribution in [3.8, 4) is 0 Å². The zero-order valence-electron chi connectivity index (χ0n) is 9.89. The standard InChI is InChI=1S/C10H22N2OS/c1-10(2,14-5)8-11-7-6-9(13)12(3)4/h11H,6-8H2,1-5H3. The minimum atomic E-state index is 0.180. The van der Waals surface area contributed by atoms with E-state index in [0.29, 0.717) is 6.42 Å². The quantitative estimate of drug-likeness (QED) is 0.680. The Hall–Kier alpha value is -0.220. The monoisotopic (exact) mass is 218 g/mol. The summed E-state index contributed by atoms with van der Waals surface area (Å²) in [7, 11) is 3.57. The summed E-state index contributed by atoms with van der Waals surface area (Å²) in [4.78, 5) is 12.8. The molecule has 0 saturated heterocycles. The average Bonchev–Trinajstić information content (AvgIpc) is 2.12. The molecule has 0 aliphatic carbocycles. The van der Waals surface area contributed by atoms with Crippen LogP contribution in [-0.2, 0) is 4.79 Å². The molecule has 4 heteroatoms. The first-order valence-electron chi connectivity index (χ1n) is 4.85. The number of hydrogen-bond donors (Lipinski definition) is 1. The second-order valence-corrected chi connectivity index (χ2v) is 5.69. The molecular weight excluding hydrogens is 196 g/mol. The van der Waals surface area contributed by atoms with E-state index < -0.39 is 0 Å². The van der Waals surface area contributed by atoms with Gasteiger partial charge in [-0.05, 0) is 20.1 Å². The minimum absolute atomic E-state index is 0.180. The first-order valence-corrected chi connectivity index (χ1v) is 6.07. The number of carbonyl (C=O) groups is 1. The molecule has 0 aromatic rings. The molecule has 0 aromatic carbocycles. The third-order valence-electron chi connectivity index (χ3n) is 2.12. The second-order valence-electron chi connectivity index (χ2n) is 4.18. The average molecular weight is 218 g/mol. The molecule has 84 valence electrons. The van der Waals surface area contributed by atoms with Crippen LogP contribution in [0, 0.1) is 0 Å². The number of thioether (sulfide) groups is 1. The normalized spacial score (nSPS) is 11.5. The van der Waals surface area contributed by atoms with E-state index in [-0.39, 0.29) is 10.7 Å². The predicted octanol–water partition coefficient (Wildman–Crippen LogP) is 1.20. The second kappa shape index (κ2) is 6.30. The Kier molecular flexibility index (Phi) is 6.20. The highest BCUT2D eigenvalue weighted by Gasteiger charge is 2.14. The van der Waals surface area contributed by atoms with Crippen LogP contribution in [0.25, 0.3) is 0 Å². The Balaban J connectivity index is 3.52. The molecule has 0 saturated carbocycles.